The lowest BCUT2D eigenvalue weighted by Crippen LogP contribution is -2.25. The molecular formula is C13H16O4. The average molecular weight is 236 g/mol. The minimum Gasteiger partial charge on any atom is -0.497 e. The van der Waals surface area contributed by atoms with Crippen molar-refractivity contribution in [2.24, 2.45) is 0 Å². The molecule has 4 rings (SSSR count). The van der Waals surface area contributed by atoms with Crippen molar-refractivity contribution >= 4 is 5.97 Å². The molecule has 1 saturated carbocycles. The van der Waals surface area contributed by atoms with Crippen LogP contribution < -0.4 is 4.74 Å². The highest BCUT2D eigenvalue weighted by Gasteiger charge is 2.36. The zero-order chi connectivity index (χ0) is 12.3. The fourth-order valence-corrected chi connectivity index (χ4v) is 2.03. The van der Waals surface area contributed by atoms with E-state index in [0.717, 1.165) is 0 Å². The molecule has 2 atom stereocenters. The molecule has 2 saturated heterocycles. The number of methoxy groups -OCH3 is 1. The molecule has 0 amide bonds. The van der Waals surface area contributed by atoms with Crippen molar-refractivity contribution in [1.29, 1.82) is 0 Å². The van der Waals surface area contributed by atoms with Crippen LogP contribution in [0.25, 0.3) is 0 Å². The Morgan fingerprint density at radius 1 is 1.29 bits per heavy atom. The van der Waals surface area contributed by atoms with E-state index in [1.165, 1.54) is 38.5 Å². The van der Waals surface area contributed by atoms with Crippen molar-refractivity contribution in [2.45, 2.75) is 31.5 Å². The molecule has 17 heavy (non-hydrogen) atoms. The van der Waals surface area contributed by atoms with Crippen LogP contribution in [0.15, 0.2) is 24.3 Å². The van der Waals surface area contributed by atoms with Crippen LogP contribution in [-0.4, -0.2) is 30.4 Å². The molecule has 3 aliphatic rings. The van der Waals surface area contributed by atoms with E-state index in [-0.39, 0.29) is 5.56 Å². The first-order valence-electron chi connectivity index (χ1n) is 5.72. The second kappa shape index (κ2) is 5.19. The third-order valence-electron chi connectivity index (χ3n) is 3.06. The summed E-state index contributed by atoms with van der Waals surface area (Å²) < 4.78 is 10.1. The van der Waals surface area contributed by atoms with Gasteiger partial charge in [0.2, 0.25) is 0 Å². The number of rotatable bonds is 2. The van der Waals surface area contributed by atoms with Crippen LogP contribution in [0.2, 0.25) is 0 Å². The highest BCUT2D eigenvalue weighted by molar-refractivity contribution is 5.87. The summed E-state index contributed by atoms with van der Waals surface area (Å²) >= 11 is 0. The second-order valence-electron chi connectivity index (χ2n) is 4.23. The molecule has 0 spiro atoms. The standard InChI is InChI=1S/C8H8O3.C5H8O/c1-11-7-4-2-6(3-5-7)8(9)10;1-2-5-3-4(1)6-5/h2-5H,1H3,(H,9,10);4-5H,1-3H2. The summed E-state index contributed by atoms with van der Waals surface area (Å²) in [6.45, 7) is 0. The number of hydrogen-bond acceptors (Lipinski definition) is 3. The smallest absolute Gasteiger partial charge is 0.335 e. The summed E-state index contributed by atoms with van der Waals surface area (Å²) in [5.41, 5.74) is 0.269. The van der Waals surface area contributed by atoms with Gasteiger partial charge in [0.05, 0.1) is 24.9 Å². The molecular weight excluding hydrogens is 220 g/mol. The lowest BCUT2D eigenvalue weighted by atomic mass is 10.2. The van der Waals surface area contributed by atoms with Crippen LogP contribution in [0.3, 0.4) is 0 Å². The summed E-state index contributed by atoms with van der Waals surface area (Å²) in [6, 6.07) is 6.23. The quantitative estimate of drug-likeness (QED) is 0.856. The molecule has 2 unspecified atom stereocenters. The monoisotopic (exact) mass is 236 g/mol. The van der Waals surface area contributed by atoms with Gasteiger partial charge in [-0.3, -0.25) is 0 Å². The SMILES string of the molecule is C1CC2CC1O2.COc1ccc(C(=O)O)cc1. The van der Waals surface area contributed by atoms with Crippen LogP contribution >= 0.6 is 0 Å². The van der Waals surface area contributed by atoms with Gasteiger partial charge in [0.1, 0.15) is 5.75 Å². The predicted octanol–water partition coefficient (Wildman–Crippen LogP) is 2.33. The third kappa shape index (κ3) is 2.97. The Morgan fingerprint density at radius 2 is 1.82 bits per heavy atom. The number of aromatic carboxylic acids is 1. The van der Waals surface area contributed by atoms with Crippen LogP contribution in [-0.2, 0) is 4.74 Å². The second-order valence-corrected chi connectivity index (χ2v) is 4.23. The lowest BCUT2D eigenvalue weighted by molar-refractivity contribution is -0.0647. The van der Waals surface area contributed by atoms with Gasteiger partial charge >= 0.3 is 5.97 Å². The summed E-state index contributed by atoms with van der Waals surface area (Å²) in [6.07, 6.45) is 5.42. The first kappa shape index (κ1) is 11.9. The van der Waals surface area contributed by atoms with E-state index in [1.807, 2.05) is 0 Å². The molecule has 2 aliphatic heterocycles. The molecule has 3 fully saturated rings. The van der Waals surface area contributed by atoms with Gasteiger partial charge in [-0.1, -0.05) is 0 Å². The molecule has 2 bridgehead atoms. The van der Waals surface area contributed by atoms with Gasteiger partial charge in [0.25, 0.3) is 0 Å². The Labute approximate surface area is 100 Å². The number of ether oxygens (including phenoxy) is 2. The first-order valence-corrected chi connectivity index (χ1v) is 5.72. The molecule has 4 nitrogen and oxygen atoms in total. The van der Waals surface area contributed by atoms with Gasteiger partial charge in [-0.15, -0.1) is 0 Å². The highest BCUT2D eigenvalue weighted by Crippen LogP contribution is 2.36. The maximum absolute atomic E-state index is 10.4. The number of hydrogen-bond donors (Lipinski definition) is 1. The fraction of sp³-hybridized carbons (Fsp3) is 0.462. The van der Waals surface area contributed by atoms with E-state index in [4.69, 9.17) is 14.6 Å². The Hall–Kier alpha value is -1.55. The van der Waals surface area contributed by atoms with Gasteiger partial charge < -0.3 is 14.6 Å². The Kier molecular flexibility index (Phi) is 3.64. The van der Waals surface area contributed by atoms with Crippen molar-refractivity contribution in [3.8, 4) is 5.75 Å². The molecule has 1 aromatic carbocycles. The topological polar surface area (TPSA) is 55.8 Å². The minimum atomic E-state index is -0.923. The Morgan fingerprint density at radius 3 is 2.12 bits per heavy atom. The molecule has 0 radical (unpaired) electrons. The zero-order valence-electron chi connectivity index (χ0n) is 9.76. The van der Waals surface area contributed by atoms with Crippen LogP contribution in [0.5, 0.6) is 5.75 Å². The van der Waals surface area contributed by atoms with E-state index in [0.29, 0.717) is 18.0 Å². The van der Waals surface area contributed by atoms with E-state index >= 15 is 0 Å². The number of carbonyl (C=O) groups is 1. The molecule has 1 aromatic rings. The third-order valence-corrected chi connectivity index (χ3v) is 3.06. The van der Waals surface area contributed by atoms with Crippen molar-refractivity contribution < 1.29 is 19.4 Å². The van der Waals surface area contributed by atoms with Gasteiger partial charge in [-0.2, -0.15) is 0 Å². The lowest BCUT2D eigenvalue weighted by Gasteiger charge is -2.23. The van der Waals surface area contributed by atoms with Crippen molar-refractivity contribution in [1.82, 2.24) is 0 Å². The van der Waals surface area contributed by atoms with E-state index in [1.54, 1.807) is 12.1 Å². The largest absolute Gasteiger partial charge is 0.497 e. The summed E-state index contributed by atoms with van der Waals surface area (Å²) in [4.78, 5) is 10.4. The maximum Gasteiger partial charge on any atom is 0.335 e. The van der Waals surface area contributed by atoms with Gasteiger partial charge in [0, 0.05) is 0 Å². The molecule has 4 heteroatoms. The van der Waals surface area contributed by atoms with Crippen LogP contribution in [0.1, 0.15) is 29.6 Å². The van der Waals surface area contributed by atoms with Crippen molar-refractivity contribution in [2.75, 3.05) is 7.11 Å². The summed E-state index contributed by atoms with van der Waals surface area (Å²) in [5.74, 6) is -0.261. The number of fused-ring (bicyclic) bond motifs is 1. The predicted molar refractivity (Wildman–Crippen MR) is 62.5 cm³/mol. The summed E-state index contributed by atoms with van der Waals surface area (Å²) in [7, 11) is 1.54. The number of carboxylic acid groups (broad SMARTS) is 1. The van der Waals surface area contributed by atoms with E-state index in [9.17, 15) is 4.79 Å². The molecule has 2 heterocycles. The Balaban J connectivity index is 0.000000148. The Bertz CT molecular complexity index is 365. The number of benzene rings is 1. The van der Waals surface area contributed by atoms with E-state index < -0.39 is 5.97 Å². The van der Waals surface area contributed by atoms with Crippen LogP contribution in [0, 0.1) is 0 Å². The van der Waals surface area contributed by atoms with Gasteiger partial charge in [-0.25, -0.2) is 4.79 Å². The first-order chi connectivity index (χ1) is 8.19. The van der Waals surface area contributed by atoms with Gasteiger partial charge in [0.15, 0.2) is 0 Å². The van der Waals surface area contributed by atoms with Crippen molar-refractivity contribution in [3.63, 3.8) is 0 Å². The van der Waals surface area contributed by atoms with Crippen LogP contribution in [0.4, 0.5) is 0 Å². The fourth-order valence-electron chi connectivity index (χ4n) is 2.03. The minimum absolute atomic E-state index is 0.269. The normalized spacial score (nSPS) is 24.3. The van der Waals surface area contributed by atoms with Crippen molar-refractivity contribution in [3.05, 3.63) is 29.8 Å². The van der Waals surface area contributed by atoms with E-state index in [2.05, 4.69) is 0 Å². The summed E-state index contributed by atoms with van der Waals surface area (Å²) in [5, 5.41) is 8.51. The molecule has 92 valence electrons. The zero-order valence-corrected chi connectivity index (χ0v) is 9.76. The molecule has 1 aliphatic carbocycles. The maximum atomic E-state index is 10.4. The average Bonchev–Trinajstić information content (AvgIpc) is 2.93. The molecule has 0 aromatic heterocycles. The number of carboxylic acids is 1. The van der Waals surface area contributed by atoms with Gasteiger partial charge in [-0.05, 0) is 43.5 Å². The highest BCUT2D eigenvalue weighted by atomic mass is 16.5. The molecule has 1 N–H and O–H groups in total.